The molecule has 1 aromatic rings. The first-order chi connectivity index (χ1) is 6.36. The molecular formula is C11H13NS. The molecule has 0 radical (unpaired) electrons. The summed E-state index contributed by atoms with van der Waals surface area (Å²) in [5, 5.41) is 3.38. The number of thiophene rings is 1. The molecule has 0 amide bonds. The Morgan fingerprint density at radius 2 is 2.15 bits per heavy atom. The minimum atomic E-state index is 0.987. The van der Waals surface area contributed by atoms with E-state index in [1.165, 1.54) is 20.9 Å². The smallest absolute Gasteiger partial charge is 0.0342 e. The lowest BCUT2D eigenvalue weighted by molar-refractivity contribution is 0.652. The summed E-state index contributed by atoms with van der Waals surface area (Å²) in [5.41, 5.74) is 2.71. The largest absolute Gasteiger partial charge is 0.312 e. The summed E-state index contributed by atoms with van der Waals surface area (Å²) in [6.45, 7) is 9.76. The van der Waals surface area contributed by atoms with Gasteiger partial charge in [0.05, 0.1) is 0 Å². The van der Waals surface area contributed by atoms with Crippen molar-refractivity contribution >= 4 is 23.5 Å². The zero-order valence-corrected chi connectivity index (χ0v) is 8.41. The van der Waals surface area contributed by atoms with Crippen LogP contribution in [0.5, 0.6) is 0 Å². The van der Waals surface area contributed by atoms with E-state index in [1.807, 2.05) is 23.5 Å². The van der Waals surface area contributed by atoms with Crippen LogP contribution in [-0.4, -0.2) is 6.54 Å². The van der Waals surface area contributed by atoms with E-state index in [-0.39, 0.29) is 0 Å². The average molecular weight is 191 g/mol. The van der Waals surface area contributed by atoms with Gasteiger partial charge < -0.3 is 5.32 Å². The van der Waals surface area contributed by atoms with Gasteiger partial charge >= 0.3 is 0 Å². The SMILES string of the molecule is C=Cc1sc2c(c1C=C)CNCC2. The van der Waals surface area contributed by atoms with Crippen molar-refractivity contribution < 1.29 is 0 Å². The maximum absolute atomic E-state index is 3.85. The molecule has 2 heterocycles. The molecule has 1 aromatic heterocycles. The van der Waals surface area contributed by atoms with Gasteiger partial charge in [0.15, 0.2) is 0 Å². The highest BCUT2D eigenvalue weighted by Gasteiger charge is 2.16. The summed E-state index contributed by atoms with van der Waals surface area (Å²) in [7, 11) is 0. The lowest BCUT2D eigenvalue weighted by Crippen LogP contribution is -2.22. The standard InChI is InChI=1S/C11H13NS/c1-3-8-9-7-12-6-5-11(9)13-10(8)4-2/h3-4,12H,1-2,5-7H2. The number of hydrogen-bond acceptors (Lipinski definition) is 2. The second-order valence-electron chi connectivity index (χ2n) is 3.12. The summed E-state index contributed by atoms with van der Waals surface area (Å²) >= 11 is 1.86. The Kier molecular flexibility index (Phi) is 2.34. The fourth-order valence-electron chi connectivity index (χ4n) is 1.73. The molecule has 1 aliphatic heterocycles. The first-order valence-electron chi connectivity index (χ1n) is 4.47. The highest BCUT2D eigenvalue weighted by atomic mass is 32.1. The molecular weight excluding hydrogens is 178 g/mol. The second kappa shape index (κ2) is 3.48. The normalized spacial score (nSPS) is 15.1. The molecule has 68 valence electrons. The van der Waals surface area contributed by atoms with Gasteiger partial charge in [-0.05, 0) is 17.5 Å². The minimum absolute atomic E-state index is 0.987. The van der Waals surface area contributed by atoms with Crippen LogP contribution < -0.4 is 5.32 Å². The first kappa shape index (κ1) is 8.73. The molecule has 0 aromatic carbocycles. The van der Waals surface area contributed by atoms with E-state index in [4.69, 9.17) is 0 Å². The van der Waals surface area contributed by atoms with Crippen LogP contribution in [0.25, 0.3) is 12.2 Å². The topological polar surface area (TPSA) is 12.0 Å². The van der Waals surface area contributed by atoms with Crippen LogP contribution >= 0.6 is 11.3 Å². The van der Waals surface area contributed by atoms with Crippen LogP contribution in [0, 0.1) is 0 Å². The lowest BCUT2D eigenvalue weighted by Gasteiger charge is -2.12. The Balaban J connectivity index is 2.56. The quantitative estimate of drug-likeness (QED) is 0.758. The summed E-state index contributed by atoms with van der Waals surface area (Å²) in [6, 6.07) is 0. The van der Waals surface area contributed by atoms with Crippen molar-refractivity contribution in [1.82, 2.24) is 5.32 Å². The van der Waals surface area contributed by atoms with Gasteiger partial charge in [0.25, 0.3) is 0 Å². The molecule has 0 bridgehead atoms. The molecule has 1 N–H and O–H groups in total. The van der Waals surface area contributed by atoms with Gasteiger partial charge in [-0.15, -0.1) is 11.3 Å². The van der Waals surface area contributed by atoms with Crippen molar-refractivity contribution in [2.45, 2.75) is 13.0 Å². The summed E-state index contributed by atoms with van der Waals surface area (Å²) in [5.74, 6) is 0. The van der Waals surface area contributed by atoms with Gasteiger partial charge in [0.2, 0.25) is 0 Å². The van der Waals surface area contributed by atoms with Gasteiger partial charge in [-0.25, -0.2) is 0 Å². The number of nitrogens with one attached hydrogen (secondary N) is 1. The summed E-state index contributed by atoms with van der Waals surface area (Å²) < 4.78 is 0. The second-order valence-corrected chi connectivity index (χ2v) is 4.25. The van der Waals surface area contributed by atoms with Crippen molar-refractivity contribution in [3.8, 4) is 0 Å². The molecule has 0 aliphatic carbocycles. The Hall–Kier alpha value is -0.860. The lowest BCUT2D eigenvalue weighted by atomic mass is 10.0. The Morgan fingerprint density at radius 3 is 2.85 bits per heavy atom. The summed E-state index contributed by atoms with van der Waals surface area (Å²) in [6.07, 6.45) is 5.02. The molecule has 1 nitrogen and oxygen atoms in total. The zero-order valence-electron chi connectivity index (χ0n) is 7.60. The Bertz CT molecular complexity index is 349. The third-order valence-electron chi connectivity index (χ3n) is 2.38. The van der Waals surface area contributed by atoms with E-state index in [1.54, 1.807) is 0 Å². The third-order valence-corrected chi connectivity index (χ3v) is 3.68. The van der Waals surface area contributed by atoms with Crippen LogP contribution in [0.2, 0.25) is 0 Å². The molecule has 2 rings (SSSR count). The van der Waals surface area contributed by atoms with Crippen molar-refractivity contribution in [3.05, 3.63) is 34.0 Å². The molecule has 2 heteroatoms. The van der Waals surface area contributed by atoms with E-state index in [9.17, 15) is 0 Å². The summed E-state index contributed by atoms with van der Waals surface area (Å²) in [4.78, 5) is 2.77. The minimum Gasteiger partial charge on any atom is -0.312 e. The molecule has 0 saturated heterocycles. The van der Waals surface area contributed by atoms with E-state index < -0.39 is 0 Å². The first-order valence-corrected chi connectivity index (χ1v) is 5.28. The number of fused-ring (bicyclic) bond motifs is 1. The Morgan fingerprint density at radius 1 is 1.31 bits per heavy atom. The van der Waals surface area contributed by atoms with Crippen molar-refractivity contribution in [2.24, 2.45) is 0 Å². The maximum atomic E-state index is 3.85. The van der Waals surface area contributed by atoms with Gasteiger partial charge in [-0.1, -0.05) is 25.3 Å². The number of hydrogen-bond donors (Lipinski definition) is 1. The van der Waals surface area contributed by atoms with Crippen molar-refractivity contribution in [3.63, 3.8) is 0 Å². The molecule has 0 atom stereocenters. The fourth-order valence-corrected chi connectivity index (χ4v) is 2.91. The molecule has 1 aliphatic rings. The molecule has 0 fully saturated rings. The van der Waals surface area contributed by atoms with Gasteiger partial charge in [0.1, 0.15) is 0 Å². The van der Waals surface area contributed by atoms with Crippen molar-refractivity contribution in [2.75, 3.05) is 6.54 Å². The van der Waals surface area contributed by atoms with Crippen LogP contribution in [0.3, 0.4) is 0 Å². The average Bonchev–Trinajstić information content (AvgIpc) is 2.55. The van der Waals surface area contributed by atoms with Crippen LogP contribution in [0.4, 0.5) is 0 Å². The predicted molar refractivity (Wildman–Crippen MR) is 59.9 cm³/mol. The molecule has 13 heavy (non-hydrogen) atoms. The van der Waals surface area contributed by atoms with Gasteiger partial charge in [-0.3, -0.25) is 0 Å². The van der Waals surface area contributed by atoms with E-state index in [0.717, 1.165) is 19.5 Å². The highest BCUT2D eigenvalue weighted by Crippen LogP contribution is 2.32. The number of rotatable bonds is 2. The molecule has 0 spiro atoms. The van der Waals surface area contributed by atoms with Gasteiger partial charge in [-0.2, -0.15) is 0 Å². The maximum Gasteiger partial charge on any atom is 0.0342 e. The third kappa shape index (κ3) is 1.36. The van der Waals surface area contributed by atoms with Crippen molar-refractivity contribution in [1.29, 1.82) is 0 Å². The zero-order chi connectivity index (χ0) is 9.26. The van der Waals surface area contributed by atoms with E-state index in [2.05, 4.69) is 18.5 Å². The Labute approximate surface area is 82.8 Å². The van der Waals surface area contributed by atoms with Crippen LogP contribution in [-0.2, 0) is 13.0 Å². The van der Waals surface area contributed by atoms with Gasteiger partial charge in [0, 0.05) is 22.8 Å². The molecule has 0 unspecified atom stereocenters. The van der Waals surface area contributed by atoms with Crippen LogP contribution in [0.1, 0.15) is 20.9 Å². The monoisotopic (exact) mass is 191 g/mol. The predicted octanol–water partition coefficient (Wildman–Crippen LogP) is 2.68. The molecule has 0 saturated carbocycles. The highest BCUT2D eigenvalue weighted by molar-refractivity contribution is 7.13. The fraction of sp³-hybridized carbons (Fsp3) is 0.273. The van der Waals surface area contributed by atoms with E-state index >= 15 is 0 Å². The van der Waals surface area contributed by atoms with E-state index in [0.29, 0.717) is 0 Å². The van der Waals surface area contributed by atoms with Crippen LogP contribution in [0.15, 0.2) is 13.2 Å².